The fraction of sp³-hybridized carbons (Fsp3) is 0.462. The highest BCUT2D eigenvalue weighted by molar-refractivity contribution is 9.10. The number of rotatable bonds is 2. The van der Waals surface area contributed by atoms with Crippen LogP contribution in [0.2, 0.25) is 0 Å². The summed E-state index contributed by atoms with van der Waals surface area (Å²) in [7, 11) is 0. The van der Waals surface area contributed by atoms with Crippen LogP contribution in [0.1, 0.15) is 31.2 Å². The van der Waals surface area contributed by atoms with Gasteiger partial charge in [0.1, 0.15) is 4.99 Å². The van der Waals surface area contributed by atoms with E-state index in [1.54, 1.807) is 0 Å². The van der Waals surface area contributed by atoms with Crippen molar-refractivity contribution >= 4 is 38.8 Å². The average molecular weight is 313 g/mol. The molecule has 0 bridgehead atoms. The molecule has 0 aromatic heterocycles. The van der Waals surface area contributed by atoms with Crippen LogP contribution in [-0.2, 0) is 0 Å². The highest BCUT2D eigenvalue weighted by atomic mass is 79.9. The highest BCUT2D eigenvalue weighted by Crippen LogP contribution is 2.27. The number of hydrogen-bond donors (Lipinski definition) is 1. The van der Waals surface area contributed by atoms with E-state index in [9.17, 15) is 0 Å². The van der Waals surface area contributed by atoms with E-state index in [1.165, 1.54) is 31.4 Å². The van der Waals surface area contributed by atoms with E-state index in [-0.39, 0.29) is 0 Å². The lowest BCUT2D eigenvalue weighted by molar-refractivity contribution is 0.726. The standard InChI is InChI=1S/C13H17BrN2S/c14-10-5-6-11(13(15)17)12(9-10)16-7-3-1-2-4-8-16/h5-6,9H,1-4,7-8H2,(H2,15,17). The summed E-state index contributed by atoms with van der Waals surface area (Å²) in [6.45, 7) is 2.21. The van der Waals surface area contributed by atoms with E-state index < -0.39 is 0 Å². The van der Waals surface area contributed by atoms with Crippen molar-refractivity contribution in [1.29, 1.82) is 0 Å². The smallest absolute Gasteiger partial charge is 0.106 e. The van der Waals surface area contributed by atoms with Gasteiger partial charge in [-0.1, -0.05) is 41.0 Å². The van der Waals surface area contributed by atoms with Gasteiger partial charge < -0.3 is 10.6 Å². The number of hydrogen-bond acceptors (Lipinski definition) is 2. The minimum absolute atomic E-state index is 0.483. The van der Waals surface area contributed by atoms with E-state index in [4.69, 9.17) is 18.0 Å². The molecular weight excluding hydrogens is 296 g/mol. The monoisotopic (exact) mass is 312 g/mol. The molecule has 4 heteroatoms. The number of anilines is 1. The zero-order valence-electron chi connectivity index (χ0n) is 9.79. The minimum Gasteiger partial charge on any atom is -0.389 e. The van der Waals surface area contributed by atoms with Gasteiger partial charge in [0.25, 0.3) is 0 Å². The highest BCUT2D eigenvalue weighted by Gasteiger charge is 2.15. The summed E-state index contributed by atoms with van der Waals surface area (Å²) < 4.78 is 1.08. The van der Waals surface area contributed by atoms with Gasteiger partial charge in [-0.2, -0.15) is 0 Å². The number of nitrogens with zero attached hydrogens (tertiary/aromatic N) is 1. The quantitative estimate of drug-likeness (QED) is 0.848. The molecule has 0 unspecified atom stereocenters. The van der Waals surface area contributed by atoms with Crippen molar-refractivity contribution in [3.8, 4) is 0 Å². The summed E-state index contributed by atoms with van der Waals surface area (Å²) in [4.78, 5) is 2.89. The summed E-state index contributed by atoms with van der Waals surface area (Å²) in [6.07, 6.45) is 5.16. The van der Waals surface area contributed by atoms with Crippen LogP contribution in [0.4, 0.5) is 5.69 Å². The lowest BCUT2D eigenvalue weighted by Crippen LogP contribution is -2.27. The molecule has 17 heavy (non-hydrogen) atoms. The predicted octanol–water partition coefficient (Wildman–Crippen LogP) is 3.46. The molecule has 1 aromatic carbocycles. The first-order valence-electron chi connectivity index (χ1n) is 6.03. The molecular formula is C13H17BrN2S. The zero-order valence-corrected chi connectivity index (χ0v) is 12.2. The Hall–Kier alpha value is -0.610. The van der Waals surface area contributed by atoms with Crippen molar-refractivity contribution < 1.29 is 0 Å². The SMILES string of the molecule is NC(=S)c1ccc(Br)cc1N1CCCCCC1. The Kier molecular flexibility index (Phi) is 4.40. The molecule has 0 atom stereocenters. The predicted molar refractivity (Wildman–Crippen MR) is 80.7 cm³/mol. The van der Waals surface area contributed by atoms with Crippen molar-refractivity contribution in [2.45, 2.75) is 25.7 Å². The van der Waals surface area contributed by atoms with E-state index in [0.29, 0.717) is 4.99 Å². The molecule has 2 rings (SSSR count). The average Bonchev–Trinajstić information content (AvgIpc) is 2.56. The molecule has 1 heterocycles. The lowest BCUT2D eigenvalue weighted by Gasteiger charge is -2.25. The zero-order chi connectivity index (χ0) is 12.3. The molecule has 1 aliphatic rings. The van der Waals surface area contributed by atoms with Gasteiger partial charge in [-0.05, 0) is 31.0 Å². The summed E-state index contributed by atoms with van der Waals surface area (Å²) in [5.41, 5.74) is 7.97. The summed E-state index contributed by atoms with van der Waals surface area (Å²) in [5.74, 6) is 0. The van der Waals surface area contributed by atoms with E-state index in [1.807, 2.05) is 12.1 Å². The number of halogens is 1. The maximum absolute atomic E-state index is 5.80. The minimum atomic E-state index is 0.483. The topological polar surface area (TPSA) is 29.3 Å². The van der Waals surface area contributed by atoms with Gasteiger partial charge >= 0.3 is 0 Å². The summed E-state index contributed by atoms with van der Waals surface area (Å²) in [5, 5.41) is 0. The normalized spacial score (nSPS) is 16.6. The molecule has 0 radical (unpaired) electrons. The second-order valence-electron chi connectivity index (χ2n) is 4.43. The van der Waals surface area contributed by atoms with Crippen LogP contribution < -0.4 is 10.6 Å². The molecule has 1 aliphatic heterocycles. The second kappa shape index (κ2) is 5.83. The molecule has 0 amide bonds. The first-order chi connectivity index (χ1) is 8.18. The van der Waals surface area contributed by atoms with Gasteiger partial charge in [0.2, 0.25) is 0 Å². The van der Waals surface area contributed by atoms with Crippen molar-refractivity contribution in [2.75, 3.05) is 18.0 Å². The van der Waals surface area contributed by atoms with Gasteiger partial charge in [-0.15, -0.1) is 0 Å². The molecule has 2 N–H and O–H groups in total. The fourth-order valence-corrected chi connectivity index (χ4v) is 2.81. The van der Waals surface area contributed by atoms with Crippen LogP contribution in [-0.4, -0.2) is 18.1 Å². The van der Waals surface area contributed by atoms with Gasteiger partial charge in [0.05, 0.1) is 0 Å². The van der Waals surface area contributed by atoms with Crippen molar-refractivity contribution in [3.05, 3.63) is 28.2 Å². The van der Waals surface area contributed by atoms with Crippen LogP contribution in [0.3, 0.4) is 0 Å². The number of thiocarbonyl (C=S) groups is 1. The maximum Gasteiger partial charge on any atom is 0.106 e. The first kappa shape index (κ1) is 12.8. The fourth-order valence-electron chi connectivity index (χ4n) is 2.29. The van der Waals surface area contributed by atoms with E-state index >= 15 is 0 Å². The Morgan fingerprint density at radius 1 is 1.18 bits per heavy atom. The summed E-state index contributed by atoms with van der Waals surface area (Å²) >= 11 is 8.65. The third-order valence-corrected chi connectivity index (χ3v) is 3.89. The Labute approximate surface area is 116 Å². The van der Waals surface area contributed by atoms with Gasteiger partial charge in [-0.25, -0.2) is 0 Å². The Balaban J connectivity index is 2.34. The van der Waals surface area contributed by atoms with Crippen LogP contribution in [0.5, 0.6) is 0 Å². The molecule has 1 saturated heterocycles. The Bertz CT molecular complexity index is 412. The number of nitrogens with two attached hydrogens (primary N) is 1. The molecule has 0 aliphatic carbocycles. The second-order valence-corrected chi connectivity index (χ2v) is 5.78. The Morgan fingerprint density at radius 2 is 1.82 bits per heavy atom. The maximum atomic E-state index is 5.80. The molecule has 92 valence electrons. The first-order valence-corrected chi connectivity index (χ1v) is 7.23. The van der Waals surface area contributed by atoms with Crippen molar-refractivity contribution in [2.24, 2.45) is 5.73 Å². The molecule has 2 nitrogen and oxygen atoms in total. The summed E-state index contributed by atoms with van der Waals surface area (Å²) in [6, 6.07) is 6.13. The number of benzene rings is 1. The molecule has 1 aromatic rings. The van der Waals surface area contributed by atoms with Crippen LogP contribution in [0.15, 0.2) is 22.7 Å². The third kappa shape index (κ3) is 3.19. The van der Waals surface area contributed by atoms with Gasteiger partial charge in [-0.3, -0.25) is 0 Å². The van der Waals surface area contributed by atoms with Gasteiger partial charge in [0.15, 0.2) is 0 Å². The van der Waals surface area contributed by atoms with E-state index in [2.05, 4.69) is 26.9 Å². The Morgan fingerprint density at radius 3 is 2.41 bits per heavy atom. The largest absolute Gasteiger partial charge is 0.389 e. The van der Waals surface area contributed by atoms with Crippen molar-refractivity contribution in [1.82, 2.24) is 0 Å². The van der Waals surface area contributed by atoms with Crippen LogP contribution >= 0.6 is 28.1 Å². The van der Waals surface area contributed by atoms with Crippen LogP contribution in [0, 0.1) is 0 Å². The molecule has 0 spiro atoms. The third-order valence-electron chi connectivity index (χ3n) is 3.17. The molecule has 1 fully saturated rings. The van der Waals surface area contributed by atoms with E-state index in [0.717, 1.165) is 23.1 Å². The van der Waals surface area contributed by atoms with Crippen LogP contribution in [0.25, 0.3) is 0 Å². The van der Waals surface area contributed by atoms with Gasteiger partial charge in [0, 0.05) is 28.8 Å². The lowest BCUT2D eigenvalue weighted by atomic mass is 10.1. The molecule has 0 saturated carbocycles. The van der Waals surface area contributed by atoms with Crippen molar-refractivity contribution in [3.63, 3.8) is 0 Å².